The predicted octanol–water partition coefficient (Wildman–Crippen LogP) is 6.48. The maximum Gasteiger partial charge on any atom is 0.306 e. The number of anilines is 1. The first kappa shape index (κ1) is 26.2. The molecule has 0 aliphatic heterocycles. The Labute approximate surface area is 225 Å². The largest absolute Gasteiger partial charge is 0.481 e. The highest BCUT2D eigenvalue weighted by atomic mass is 19.1. The van der Waals surface area contributed by atoms with Crippen molar-refractivity contribution in [3.63, 3.8) is 0 Å². The third kappa shape index (κ3) is 6.00. The maximum absolute atomic E-state index is 15.5. The highest BCUT2D eigenvalue weighted by Gasteiger charge is 2.37. The van der Waals surface area contributed by atoms with Gasteiger partial charge >= 0.3 is 5.97 Å². The quantitative estimate of drug-likeness (QED) is 0.253. The maximum atomic E-state index is 15.5. The normalized spacial score (nSPS) is 16.3. The van der Waals surface area contributed by atoms with E-state index in [-0.39, 0.29) is 42.1 Å². The van der Waals surface area contributed by atoms with Gasteiger partial charge in [0.1, 0.15) is 24.8 Å². The lowest BCUT2D eigenvalue weighted by Crippen LogP contribution is -2.45. The molecule has 39 heavy (non-hydrogen) atoms. The van der Waals surface area contributed by atoms with Crippen LogP contribution in [0.1, 0.15) is 24.0 Å². The summed E-state index contributed by atoms with van der Waals surface area (Å²) in [6.07, 6.45) is 0.866. The van der Waals surface area contributed by atoms with Crippen LogP contribution in [0.25, 0.3) is 11.1 Å². The Bertz CT molecular complexity index is 1420. The lowest BCUT2D eigenvalue weighted by molar-refractivity contribution is -0.145. The van der Waals surface area contributed by atoms with Crippen LogP contribution in [0, 0.1) is 17.6 Å². The Balaban J connectivity index is 1.42. The topological polar surface area (TPSA) is 71.9 Å². The van der Waals surface area contributed by atoms with E-state index in [1.165, 1.54) is 12.1 Å². The fourth-order valence-corrected chi connectivity index (χ4v) is 4.60. The summed E-state index contributed by atoms with van der Waals surface area (Å²) < 4.78 is 42.8. The van der Waals surface area contributed by atoms with Crippen LogP contribution in [0.3, 0.4) is 0 Å². The van der Waals surface area contributed by atoms with Crippen molar-refractivity contribution in [2.45, 2.75) is 32.1 Å². The number of halogens is 2. The van der Waals surface area contributed by atoms with Crippen LogP contribution >= 0.6 is 0 Å². The Kier molecular flexibility index (Phi) is 7.72. The molecule has 1 N–H and O–H groups in total. The third-order valence-corrected chi connectivity index (χ3v) is 7.00. The molecule has 0 radical (unpaired) electrons. The van der Waals surface area contributed by atoms with Gasteiger partial charge in [0.05, 0.1) is 17.0 Å². The van der Waals surface area contributed by atoms with Crippen molar-refractivity contribution in [1.82, 2.24) is 4.98 Å². The Hall–Kier alpha value is -4.46. The first-order valence-electron chi connectivity index (χ1n) is 12.7. The summed E-state index contributed by atoms with van der Waals surface area (Å²) in [6, 6.07) is 24.5. The number of carbonyl (C=O) groups is 1. The van der Waals surface area contributed by atoms with Crippen LogP contribution in [0.2, 0.25) is 0 Å². The van der Waals surface area contributed by atoms with E-state index in [2.05, 4.69) is 4.98 Å². The van der Waals surface area contributed by atoms with Crippen molar-refractivity contribution < 1.29 is 28.2 Å². The minimum atomic E-state index is -0.848. The molecule has 5 rings (SSSR count). The first-order valence-corrected chi connectivity index (χ1v) is 12.7. The van der Waals surface area contributed by atoms with Gasteiger partial charge < -0.3 is 19.5 Å². The van der Waals surface area contributed by atoms with Crippen molar-refractivity contribution in [3.05, 3.63) is 108 Å². The van der Waals surface area contributed by atoms with Crippen LogP contribution in [0.4, 0.5) is 14.5 Å². The summed E-state index contributed by atoms with van der Waals surface area (Å²) in [7, 11) is 1.71. The highest BCUT2D eigenvalue weighted by Crippen LogP contribution is 2.39. The fraction of sp³-hybridized carbons (Fsp3) is 0.226. The van der Waals surface area contributed by atoms with E-state index in [0.29, 0.717) is 18.5 Å². The predicted molar refractivity (Wildman–Crippen MR) is 144 cm³/mol. The second-order valence-corrected chi connectivity index (χ2v) is 9.61. The second kappa shape index (κ2) is 11.5. The molecule has 1 saturated carbocycles. The van der Waals surface area contributed by atoms with Gasteiger partial charge in [-0.15, -0.1) is 0 Å². The van der Waals surface area contributed by atoms with Crippen molar-refractivity contribution in [2.24, 2.45) is 5.92 Å². The summed E-state index contributed by atoms with van der Waals surface area (Å²) in [4.78, 5) is 17.3. The summed E-state index contributed by atoms with van der Waals surface area (Å²) in [5.41, 5.74) is 2.07. The molecule has 200 valence electrons. The van der Waals surface area contributed by atoms with E-state index in [0.717, 1.165) is 11.1 Å². The molecule has 0 atom stereocenters. The number of carboxylic acids is 1. The zero-order valence-corrected chi connectivity index (χ0v) is 21.4. The van der Waals surface area contributed by atoms with E-state index < -0.39 is 23.5 Å². The zero-order chi connectivity index (χ0) is 27.4. The van der Waals surface area contributed by atoms with Crippen molar-refractivity contribution in [3.8, 4) is 22.9 Å². The number of rotatable bonds is 10. The van der Waals surface area contributed by atoms with Gasteiger partial charge in [-0.3, -0.25) is 4.79 Å². The molecular weight excluding hydrogens is 502 g/mol. The van der Waals surface area contributed by atoms with Crippen LogP contribution in [0.15, 0.2) is 84.9 Å². The number of benzene rings is 3. The van der Waals surface area contributed by atoms with E-state index >= 15 is 8.78 Å². The van der Waals surface area contributed by atoms with Gasteiger partial charge in [-0.25, -0.2) is 8.78 Å². The molecule has 3 aromatic carbocycles. The molecule has 0 unspecified atom stereocenters. The van der Waals surface area contributed by atoms with Gasteiger partial charge in [0, 0.05) is 24.8 Å². The molecule has 1 aromatic heterocycles. The Morgan fingerprint density at radius 3 is 2.03 bits per heavy atom. The molecule has 0 spiro atoms. The molecule has 1 aliphatic rings. The average molecular weight is 531 g/mol. The Morgan fingerprint density at radius 2 is 1.46 bits per heavy atom. The van der Waals surface area contributed by atoms with Gasteiger partial charge in [0.25, 0.3) is 0 Å². The summed E-state index contributed by atoms with van der Waals surface area (Å²) in [6.45, 7) is 0.429. The highest BCUT2D eigenvalue weighted by molar-refractivity contribution is 5.74. The number of hydrogen-bond acceptors (Lipinski definition) is 5. The van der Waals surface area contributed by atoms with E-state index in [9.17, 15) is 4.79 Å². The number of ether oxygens (including phenoxy) is 2. The van der Waals surface area contributed by atoms with Crippen LogP contribution < -0.4 is 14.4 Å². The number of pyridine rings is 1. The first-order chi connectivity index (χ1) is 18.9. The minimum absolute atomic E-state index is 0.0478. The number of aromatic nitrogens is 1. The fourth-order valence-electron chi connectivity index (χ4n) is 4.60. The SMILES string of the molecule is CN(c1cc(F)c(-c2ccc(OCc3ccccc3)nc2OCc2ccccc2)c(F)c1)[C@H]1C[C@H](C(=O)O)C1. The van der Waals surface area contributed by atoms with Crippen molar-refractivity contribution in [1.29, 1.82) is 0 Å². The van der Waals surface area contributed by atoms with Gasteiger partial charge in [-0.05, 0) is 42.2 Å². The average Bonchev–Trinajstić information content (AvgIpc) is 2.91. The van der Waals surface area contributed by atoms with Gasteiger partial charge in [0.2, 0.25) is 11.8 Å². The van der Waals surface area contributed by atoms with Crippen LogP contribution in [-0.2, 0) is 18.0 Å². The number of carboxylic acid groups (broad SMARTS) is 1. The van der Waals surface area contributed by atoms with E-state index in [1.807, 2.05) is 60.7 Å². The number of nitrogens with zero attached hydrogens (tertiary/aromatic N) is 2. The molecule has 1 heterocycles. The molecule has 4 aromatic rings. The lowest BCUT2D eigenvalue weighted by Gasteiger charge is -2.40. The molecule has 0 amide bonds. The molecule has 0 bridgehead atoms. The molecular formula is C31H28F2N2O4. The minimum Gasteiger partial charge on any atom is -0.481 e. The second-order valence-electron chi connectivity index (χ2n) is 9.61. The molecule has 6 nitrogen and oxygen atoms in total. The molecule has 1 aliphatic carbocycles. The zero-order valence-electron chi connectivity index (χ0n) is 21.4. The smallest absolute Gasteiger partial charge is 0.306 e. The lowest BCUT2D eigenvalue weighted by atomic mass is 9.79. The van der Waals surface area contributed by atoms with Crippen molar-refractivity contribution in [2.75, 3.05) is 11.9 Å². The molecule has 0 saturated heterocycles. The monoisotopic (exact) mass is 530 g/mol. The molecule has 8 heteroatoms. The van der Waals surface area contributed by atoms with Gasteiger partial charge in [0.15, 0.2) is 0 Å². The third-order valence-electron chi connectivity index (χ3n) is 7.00. The number of aliphatic carboxylic acids is 1. The van der Waals surface area contributed by atoms with Crippen LogP contribution in [0.5, 0.6) is 11.8 Å². The van der Waals surface area contributed by atoms with Crippen molar-refractivity contribution >= 4 is 11.7 Å². The standard InChI is InChI=1S/C31H28F2N2O4/c1-35(23-14-22(15-23)31(36)37)24-16-26(32)29(27(33)17-24)25-12-13-28(38-18-20-8-4-2-5-9-20)34-30(25)39-19-21-10-6-3-7-11-21/h2-13,16-17,22-23H,14-15,18-19H2,1H3,(H,36,37)/t22-,23-. The van der Waals surface area contributed by atoms with Crippen LogP contribution in [-0.4, -0.2) is 29.1 Å². The van der Waals surface area contributed by atoms with Gasteiger partial charge in [-0.2, -0.15) is 4.98 Å². The van der Waals surface area contributed by atoms with Gasteiger partial charge in [-0.1, -0.05) is 60.7 Å². The molecule has 1 fully saturated rings. The number of hydrogen-bond donors (Lipinski definition) is 1. The summed E-state index contributed by atoms with van der Waals surface area (Å²) >= 11 is 0. The summed E-state index contributed by atoms with van der Waals surface area (Å²) in [5, 5.41) is 9.14. The van der Waals surface area contributed by atoms with E-state index in [4.69, 9.17) is 14.6 Å². The van der Waals surface area contributed by atoms with E-state index in [1.54, 1.807) is 24.1 Å². The summed E-state index contributed by atoms with van der Waals surface area (Å²) in [5.74, 6) is -2.50. The Morgan fingerprint density at radius 1 is 0.897 bits per heavy atom.